The highest BCUT2D eigenvalue weighted by Crippen LogP contribution is 2.22. The smallest absolute Gasteiger partial charge is 0.241 e. The van der Waals surface area contributed by atoms with E-state index in [2.05, 4.69) is 47.8 Å². The van der Waals surface area contributed by atoms with Crippen LogP contribution >= 0.6 is 0 Å². The Labute approximate surface area is 150 Å². The summed E-state index contributed by atoms with van der Waals surface area (Å²) in [5.74, 6) is 1.21. The zero-order valence-corrected chi connectivity index (χ0v) is 15.5. The number of anilines is 1. The van der Waals surface area contributed by atoms with Crippen LogP contribution in [0.4, 0.5) is 5.69 Å². The second-order valence-electron chi connectivity index (χ2n) is 7.06. The number of imidazole rings is 1. The summed E-state index contributed by atoms with van der Waals surface area (Å²) in [6.45, 7) is 8.34. The first-order valence-corrected chi connectivity index (χ1v) is 9.20. The molecule has 0 spiro atoms. The number of hydrogen-bond acceptors (Lipinski definition) is 3. The summed E-state index contributed by atoms with van der Waals surface area (Å²) in [5, 5.41) is 0. The number of amides is 1. The number of aromatic nitrogens is 2. The molecule has 1 aromatic heterocycles. The van der Waals surface area contributed by atoms with Gasteiger partial charge in [0.15, 0.2) is 0 Å². The summed E-state index contributed by atoms with van der Waals surface area (Å²) < 4.78 is 0. The van der Waals surface area contributed by atoms with Crippen LogP contribution in [0, 0.1) is 6.92 Å². The fourth-order valence-corrected chi connectivity index (χ4v) is 3.33. The molecule has 1 fully saturated rings. The standard InChI is InChI=1S/C20H28N4O/c1-4-5-9-19-21-11-17(22-19)13-23-14-20(25)24(12-16(23)3)18-8-6-7-15(2)10-18/h6-8,10-11,16H,4-5,9,12-14H2,1-3H3,(H,21,22)/t16-/m0/s1. The van der Waals surface area contributed by atoms with E-state index in [0.29, 0.717) is 12.6 Å². The minimum atomic E-state index is 0.162. The van der Waals surface area contributed by atoms with E-state index in [-0.39, 0.29) is 5.91 Å². The minimum absolute atomic E-state index is 0.162. The molecular weight excluding hydrogens is 312 g/mol. The molecule has 5 nitrogen and oxygen atoms in total. The third-order valence-electron chi connectivity index (χ3n) is 4.84. The molecule has 5 heteroatoms. The van der Waals surface area contributed by atoms with Gasteiger partial charge in [-0.3, -0.25) is 9.69 Å². The number of hydrogen-bond donors (Lipinski definition) is 1. The topological polar surface area (TPSA) is 52.2 Å². The van der Waals surface area contributed by atoms with Crippen molar-refractivity contribution in [3.05, 3.63) is 47.5 Å². The van der Waals surface area contributed by atoms with Gasteiger partial charge in [-0.25, -0.2) is 4.98 Å². The Hall–Kier alpha value is -2.14. The molecule has 1 aromatic carbocycles. The van der Waals surface area contributed by atoms with Crippen LogP contribution in [-0.2, 0) is 17.8 Å². The highest BCUT2D eigenvalue weighted by Gasteiger charge is 2.30. The van der Waals surface area contributed by atoms with Crippen LogP contribution in [0.3, 0.4) is 0 Å². The van der Waals surface area contributed by atoms with Gasteiger partial charge in [0.1, 0.15) is 5.82 Å². The Kier molecular flexibility index (Phi) is 5.53. The predicted octanol–water partition coefficient (Wildman–Crippen LogP) is 3.30. The first-order chi connectivity index (χ1) is 12.1. The van der Waals surface area contributed by atoms with Crippen LogP contribution < -0.4 is 4.90 Å². The molecule has 1 aliphatic rings. The van der Waals surface area contributed by atoms with E-state index in [4.69, 9.17) is 0 Å². The molecule has 2 aromatic rings. The number of carbonyl (C=O) groups excluding carboxylic acids is 1. The second-order valence-corrected chi connectivity index (χ2v) is 7.06. The normalized spacial score (nSPS) is 18.8. The van der Waals surface area contributed by atoms with E-state index in [1.807, 2.05) is 23.2 Å². The van der Waals surface area contributed by atoms with Crippen LogP contribution in [0.5, 0.6) is 0 Å². The molecule has 1 saturated heterocycles. The van der Waals surface area contributed by atoms with Crippen molar-refractivity contribution in [2.75, 3.05) is 18.0 Å². The fraction of sp³-hybridized carbons (Fsp3) is 0.500. The van der Waals surface area contributed by atoms with Crippen LogP contribution in [0.1, 0.15) is 43.8 Å². The number of carbonyl (C=O) groups is 1. The lowest BCUT2D eigenvalue weighted by molar-refractivity contribution is -0.122. The summed E-state index contributed by atoms with van der Waals surface area (Å²) in [6, 6.07) is 8.47. The maximum absolute atomic E-state index is 12.7. The van der Waals surface area contributed by atoms with E-state index < -0.39 is 0 Å². The molecule has 0 bridgehead atoms. The van der Waals surface area contributed by atoms with Gasteiger partial charge in [-0.2, -0.15) is 0 Å². The number of nitrogens with one attached hydrogen (secondary N) is 1. The van der Waals surface area contributed by atoms with Gasteiger partial charge in [0, 0.05) is 43.1 Å². The van der Waals surface area contributed by atoms with Crippen LogP contribution in [0.15, 0.2) is 30.5 Å². The van der Waals surface area contributed by atoms with Gasteiger partial charge in [-0.05, 0) is 38.0 Å². The predicted molar refractivity (Wildman–Crippen MR) is 101 cm³/mol. The van der Waals surface area contributed by atoms with Crippen molar-refractivity contribution in [3.8, 4) is 0 Å². The number of aromatic amines is 1. The highest BCUT2D eigenvalue weighted by atomic mass is 16.2. The largest absolute Gasteiger partial charge is 0.345 e. The monoisotopic (exact) mass is 340 g/mol. The van der Waals surface area contributed by atoms with Gasteiger partial charge >= 0.3 is 0 Å². The van der Waals surface area contributed by atoms with Crippen LogP contribution in [-0.4, -0.2) is 39.9 Å². The first-order valence-electron chi connectivity index (χ1n) is 9.20. The van der Waals surface area contributed by atoms with Crippen molar-refractivity contribution in [2.45, 2.75) is 52.6 Å². The molecule has 0 radical (unpaired) electrons. The van der Waals surface area contributed by atoms with Crippen molar-refractivity contribution in [3.63, 3.8) is 0 Å². The lowest BCUT2D eigenvalue weighted by Gasteiger charge is -2.39. The molecule has 2 heterocycles. The Bertz CT molecular complexity index is 724. The molecule has 1 atom stereocenters. The Balaban J connectivity index is 1.64. The van der Waals surface area contributed by atoms with Gasteiger partial charge in [-0.15, -0.1) is 0 Å². The SMILES string of the molecule is CCCCc1ncc(CN2CC(=O)N(c3cccc(C)c3)C[C@@H]2C)[nH]1. The molecule has 1 aliphatic heterocycles. The molecular formula is C20H28N4O. The maximum atomic E-state index is 12.7. The van der Waals surface area contributed by atoms with Gasteiger partial charge in [0.05, 0.1) is 6.54 Å². The number of H-pyrrole nitrogens is 1. The Morgan fingerprint density at radius 3 is 2.96 bits per heavy atom. The number of aryl methyl sites for hydroxylation is 2. The van der Waals surface area contributed by atoms with Gasteiger partial charge in [0.25, 0.3) is 0 Å². The first kappa shape index (κ1) is 17.7. The van der Waals surface area contributed by atoms with Crippen molar-refractivity contribution < 1.29 is 4.79 Å². The molecule has 0 aliphatic carbocycles. The van der Waals surface area contributed by atoms with Crippen molar-refractivity contribution in [1.29, 1.82) is 0 Å². The van der Waals surface area contributed by atoms with Gasteiger partial charge in [0.2, 0.25) is 5.91 Å². The summed E-state index contributed by atoms with van der Waals surface area (Å²) in [7, 11) is 0. The number of piperazine rings is 1. The quantitative estimate of drug-likeness (QED) is 0.878. The summed E-state index contributed by atoms with van der Waals surface area (Å²) >= 11 is 0. The zero-order valence-electron chi connectivity index (χ0n) is 15.5. The molecule has 134 valence electrons. The van der Waals surface area contributed by atoms with Crippen molar-refractivity contribution in [2.24, 2.45) is 0 Å². The summed E-state index contributed by atoms with van der Waals surface area (Å²) in [6.07, 6.45) is 5.22. The maximum Gasteiger partial charge on any atom is 0.241 e. The molecule has 1 N–H and O–H groups in total. The third-order valence-corrected chi connectivity index (χ3v) is 4.84. The molecule has 3 rings (SSSR count). The number of benzene rings is 1. The number of rotatable bonds is 6. The number of nitrogens with zero attached hydrogens (tertiary/aromatic N) is 3. The fourth-order valence-electron chi connectivity index (χ4n) is 3.33. The third kappa shape index (κ3) is 4.28. The Morgan fingerprint density at radius 2 is 2.20 bits per heavy atom. The molecule has 1 amide bonds. The average molecular weight is 340 g/mol. The van der Waals surface area contributed by atoms with E-state index in [0.717, 1.165) is 43.1 Å². The lowest BCUT2D eigenvalue weighted by Crippen LogP contribution is -2.54. The second kappa shape index (κ2) is 7.83. The lowest BCUT2D eigenvalue weighted by atomic mass is 10.1. The van der Waals surface area contributed by atoms with Crippen LogP contribution in [0.25, 0.3) is 0 Å². The van der Waals surface area contributed by atoms with E-state index in [1.54, 1.807) is 0 Å². The molecule has 0 unspecified atom stereocenters. The number of unbranched alkanes of at least 4 members (excludes halogenated alkanes) is 1. The Morgan fingerprint density at radius 1 is 1.36 bits per heavy atom. The zero-order chi connectivity index (χ0) is 17.8. The molecule has 25 heavy (non-hydrogen) atoms. The summed E-state index contributed by atoms with van der Waals surface area (Å²) in [5.41, 5.74) is 3.27. The minimum Gasteiger partial charge on any atom is -0.345 e. The summed E-state index contributed by atoms with van der Waals surface area (Å²) in [4.78, 5) is 24.7. The molecule has 0 saturated carbocycles. The van der Waals surface area contributed by atoms with Crippen molar-refractivity contribution in [1.82, 2.24) is 14.9 Å². The van der Waals surface area contributed by atoms with Gasteiger partial charge in [-0.1, -0.05) is 25.5 Å². The van der Waals surface area contributed by atoms with E-state index in [1.165, 1.54) is 12.0 Å². The van der Waals surface area contributed by atoms with Gasteiger partial charge < -0.3 is 9.88 Å². The highest BCUT2D eigenvalue weighted by molar-refractivity contribution is 5.95. The van der Waals surface area contributed by atoms with Crippen LogP contribution in [0.2, 0.25) is 0 Å². The van der Waals surface area contributed by atoms with Crippen molar-refractivity contribution >= 4 is 11.6 Å². The van der Waals surface area contributed by atoms with E-state index in [9.17, 15) is 4.79 Å². The average Bonchev–Trinajstić information content (AvgIpc) is 3.03. The van der Waals surface area contributed by atoms with E-state index >= 15 is 0 Å².